The summed E-state index contributed by atoms with van der Waals surface area (Å²) in [6, 6.07) is 30.6. The standard InChI is InChI=1S/C26H18/c1-5-11-22-17-24(15-13-19(22)7-1)26(21-9-3-4-10-21)25-16-14-20-8-2-6-12-23(20)18-25/h1-18H. The van der Waals surface area contributed by atoms with E-state index in [9.17, 15) is 0 Å². The Morgan fingerprint density at radius 1 is 0.462 bits per heavy atom. The lowest BCUT2D eigenvalue weighted by atomic mass is 9.90. The molecule has 0 heteroatoms. The zero-order valence-corrected chi connectivity index (χ0v) is 14.4. The van der Waals surface area contributed by atoms with Crippen LogP contribution in [-0.4, -0.2) is 0 Å². The maximum Gasteiger partial charge on any atom is -0.00384 e. The Labute approximate surface area is 153 Å². The first-order valence-corrected chi connectivity index (χ1v) is 8.96. The van der Waals surface area contributed by atoms with Gasteiger partial charge in [0.15, 0.2) is 0 Å². The van der Waals surface area contributed by atoms with Gasteiger partial charge in [0, 0.05) is 0 Å². The molecule has 0 spiro atoms. The Morgan fingerprint density at radius 3 is 1.42 bits per heavy atom. The lowest BCUT2D eigenvalue weighted by Crippen LogP contribution is -1.92. The predicted molar refractivity (Wildman–Crippen MR) is 112 cm³/mol. The molecular formula is C26H18. The van der Waals surface area contributed by atoms with Gasteiger partial charge in [-0.15, -0.1) is 0 Å². The second kappa shape index (κ2) is 6.16. The summed E-state index contributed by atoms with van der Waals surface area (Å²) in [6.07, 6.45) is 8.61. The highest BCUT2D eigenvalue weighted by Gasteiger charge is 2.12. The molecule has 0 aliphatic heterocycles. The van der Waals surface area contributed by atoms with Crippen molar-refractivity contribution in [2.24, 2.45) is 0 Å². The zero-order valence-electron chi connectivity index (χ0n) is 14.4. The van der Waals surface area contributed by atoms with E-state index in [0.29, 0.717) is 0 Å². The van der Waals surface area contributed by atoms with Gasteiger partial charge in [-0.25, -0.2) is 0 Å². The average molecular weight is 330 g/mol. The van der Waals surface area contributed by atoms with Crippen molar-refractivity contribution in [1.82, 2.24) is 0 Å². The highest BCUT2D eigenvalue weighted by atomic mass is 14.2. The van der Waals surface area contributed by atoms with E-state index >= 15 is 0 Å². The molecule has 1 aliphatic carbocycles. The summed E-state index contributed by atoms with van der Waals surface area (Å²) in [6.45, 7) is 0. The van der Waals surface area contributed by atoms with E-state index in [2.05, 4.69) is 109 Å². The first-order chi connectivity index (χ1) is 12.9. The van der Waals surface area contributed by atoms with Crippen LogP contribution in [0.4, 0.5) is 0 Å². The minimum Gasteiger partial charge on any atom is -0.0616 e. The average Bonchev–Trinajstić information content (AvgIpc) is 3.22. The second-order valence-corrected chi connectivity index (χ2v) is 6.67. The van der Waals surface area contributed by atoms with Crippen LogP contribution in [0.25, 0.3) is 27.1 Å². The van der Waals surface area contributed by atoms with Crippen LogP contribution in [0.5, 0.6) is 0 Å². The van der Waals surface area contributed by atoms with Gasteiger partial charge in [-0.05, 0) is 56.0 Å². The van der Waals surface area contributed by atoms with Gasteiger partial charge in [-0.3, -0.25) is 0 Å². The number of allylic oxidation sites excluding steroid dienone is 5. The summed E-state index contributed by atoms with van der Waals surface area (Å²) >= 11 is 0. The fourth-order valence-electron chi connectivity index (χ4n) is 3.73. The summed E-state index contributed by atoms with van der Waals surface area (Å²) < 4.78 is 0. The van der Waals surface area contributed by atoms with Gasteiger partial charge in [-0.2, -0.15) is 0 Å². The van der Waals surface area contributed by atoms with Crippen LogP contribution < -0.4 is 0 Å². The van der Waals surface area contributed by atoms with Gasteiger partial charge in [0.05, 0.1) is 0 Å². The minimum absolute atomic E-state index is 1.25. The molecule has 26 heavy (non-hydrogen) atoms. The van der Waals surface area contributed by atoms with Crippen molar-refractivity contribution in [3.8, 4) is 0 Å². The second-order valence-electron chi connectivity index (χ2n) is 6.67. The molecule has 0 aromatic heterocycles. The molecule has 0 amide bonds. The van der Waals surface area contributed by atoms with Gasteiger partial charge in [0.2, 0.25) is 0 Å². The molecule has 0 bridgehead atoms. The lowest BCUT2D eigenvalue weighted by Gasteiger charge is -2.13. The van der Waals surface area contributed by atoms with E-state index in [1.54, 1.807) is 0 Å². The molecule has 0 heterocycles. The number of fused-ring (bicyclic) bond motifs is 2. The van der Waals surface area contributed by atoms with Crippen molar-refractivity contribution in [2.75, 3.05) is 0 Å². The molecular weight excluding hydrogens is 312 g/mol. The molecule has 0 saturated heterocycles. The number of benzene rings is 4. The molecule has 0 unspecified atom stereocenters. The largest absolute Gasteiger partial charge is 0.0616 e. The third-order valence-electron chi connectivity index (χ3n) is 5.03. The minimum atomic E-state index is 1.25. The van der Waals surface area contributed by atoms with Crippen LogP contribution in [-0.2, 0) is 0 Å². The molecule has 0 atom stereocenters. The molecule has 5 rings (SSSR count). The predicted octanol–water partition coefficient (Wildman–Crippen LogP) is 6.92. The van der Waals surface area contributed by atoms with Gasteiger partial charge in [-0.1, -0.05) is 97.1 Å². The van der Waals surface area contributed by atoms with Crippen molar-refractivity contribution in [2.45, 2.75) is 0 Å². The van der Waals surface area contributed by atoms with Crippen molar-refractivity contribution < 1.29 is 0 Å². The van der Waals surface area contributed by atoms with Gasteiger partial charge >= 0.3 is 0 Å². The summed E-state index contributed by atoms with van der Waals surface area (Å²) in [4.78, 5) is 0. The molecule has 4 aromatic carbocycles. The monoisotopic (exact) mass is 330 g/mol. The summed E-state index contributed by atoms with van der Waals surface area (Å²) in [5.41, 5.74) is 5.05. The summed E-state index contributed by atoms with van der Waals surface area (Å²) in [5, 5.41) is 5.10. The summed E-state index contributed by atoms with van der Waals surface area (Å²) in [5.74, 6) is 0. The Kier molecular flexibility index (Phi) is 3.54. The van der Waals surface area contributed by atoms with E-state index in [4.69, 9.17) is 0 Å². The number of hydrogen-bond acceptors (Lipinski definition) is 0. The van der Waals surface area contributed by atoms with Crippen LogP contribution in [0.2, 0.25) is 0 Å². The number of rotatable bonds is 2. The third kappa shape index (κ3) is 2.57. The Balaban J connectivity index is 1.76. The van der Waals surface area contributed by atoms with Crippen molar-refractivity contribution in [1.29, 1.82) is 0 Å². The van der Waals surface area contributed by atoms with E-state index < -0.39 is 0 Å². The van der Waals surface area contributed by atoms with E-state index in [1.807, 2.05) is 0 Å². The van der Waals surface area contributed by atoms with Crippen molar-refractivity contribution in [3.05, 3.63) is 126 Å². The molecule has 0 N–H and O–H groups in total. The highest BCUT2D eigenvalue weighted by molar-refractivity contribution is 5.95. The van der Waals surface area contributed by atoms with Gasteiger partial charge in [0.1, 0.15) is 0 Å². The lowest BCUT2D eigenvalue weighted by molar-refractivity contribution is 1.56. The molecule has 0 fully saturated rings. The molecule has 4 aromatic rings. The maximum absolute atomic E-state index is 2.30. The zero-order chi connectivity index (χ0) is 17.3. The normalized spacial score (nSPS) is 13.0. The van der Waals surface area contributed by atoms with Crippen molar-refractivity contribution >= 4 is 27.1 Å². The molecule has 0 saturated carbocycles. The van der Waals surface area contributed by atoms with E-state index in [1.165, 1.54) is 43.8 Å². The SMILES string of the molecule is C1=CC(=C(c2ccc3ccccc3c2)c2ccc3ccccc3c2)C=C1. The van der Waals surface area contributed by atoms with Crippen LogP contribution in [0.3, 0.4) is 0 Å². The fraction of sp³-hybridized carbons (Fsp3) is 0. The smallest absolute Gasteiger partial charge is 0.00384 e. The quantitative estimate of drug-likeness (QED) is 0.374. The Morgan fingerprint density at radius 2 is 0.923 bits per heavy atom. The van der Waals surface area contributed by atoms with Gasteiger partial charge in [0.25, 0.3) is 0 Å². The van der Waals surface area contributed by atoms with Crippen LogP contribution >= 0.6 is 0 Å². The Hall–Kier alpha value is -3.38. The molecule has 122 valence electrons. The van der Waals surface area contributed by atoms with Crippen molar-refractivity contribution in [3.63, 3.8) is 0 Å². The topological polar surface area (TPSA) is 0 Å². The third-order valence-corrected chi connectivity index (χ3v) is 5.03. The van der Waals surface area contributed by atoms with E-state index in [-0.39, 0.29) is 0 Å². The highest BCUT2D eigenvalue weighted by Crippen LogP contribution is 2.33. The van der Waals surface area contributed by atoms with Crippen LogP contribution in [0.15, 0.2) is 115 Å². The molecule has 0 radical (unpaired) electrons. The Bertz CT molecular complexity index is 1120. The first kappa shape index (κ1) is 14.9. The van der Waals surface area contributed by atoms with Gasteiger partial charge < -0.3 is 0 Å². The molecule has 1 aliphatic rings. The fourth-order valence-corrected chi connectivity index (χ4v) is 3.73. The maximum atomic E-state index is 2.30. The van der Waals surface area contributed by atoms with Crippen LogP contribution in [0, 0.1) is 0 Å². The summed E-state index contributed by atoms with van der Waals surface area (Å²) in [7, 11) is 0. The number of hydrogen-bond donors (Lipinski definition) is 0. The molecule has 0 nitrogen and oxygen atoms in total. The first-order valence-electron chi connectivity index (χ1n) is 8.96. The van der Waals surface area contributed by atoms with Crippen LogP contribution in [0.1, 0.15) is 11.1 Å². The van der Waals surface area contributed by atoms with E-state index in [0.717, 1.165) is 0 Å².